The maximum absolute atomic E-state index is 12.1. The standard InChI is InChI=1S/C16H19BrN2O/c1-2-3-13(10-18)16(20)19-15-7-5-11-8-14(17)6-4-12(11)9-15/h4-9,13H,2-3,10,18H2,1H3,(H,19,20). The first-order valence-corrected chi connectivity index (χ1v) is 7.63. The van der Waals surface area contributed by atoms with E-state index < -0.39 is 0 Å². The summed E-state index contributed by atoms with van der Waals surface area (Å²) in [5.74, 6) is -0.105. The fraction of sp³-hybridized carbons (Fsp3) is 0.312. The van der Waals surface area contributed by atoms with Crippen molar-refractivity contribution in [2.75, 3.05) is 11.9 Å². The summed E-state index contributed by atoms with van der Waals surface area (Å²) in [5, 5.41) is 5.20. The predicted molar refractivity (Wildman–Crippen MR) is 87.7 cm³/mol. The Morgan fingerprint density at radius 2 is 1.95 bits per heavy atom. The van der Waals surface area contributed by atoms with E-state index in [9.17, 15) is 4.79 Å². The summed E-state index contributed by atoms with van der Waals surface area (Å²) >= 11 is 3.45. The number of nitrogens with two attached hydrogens (primary N) is 1. The summed E-state index contributed by atoms with van der Waals surface area (Å²) in [6.07, 6.45) is 1.78. The summed E-state index contributed by atoms with van der Waals surface area (Å²) in [6, 6.07) is 12.0. The molecule has 0 saturated heterocycles. The van der Waals surface area contributed by atoms with Crippen LogP contribution in [-0.4, -0.2) is 12.5 Å². The van der Waals surface area contributed by atoms with Gasteiger partial charge in [0.2, 0.25) is 5.91 Å². The van der Waals surface area contributed by atoms with Crippen LogP contribution < -0.4 is 11.1 Å². The smallest absolute Gasteiger partial charge is 0.228 e. The average molecular weight is 335 g/mol. The number of rotatable bonds is 5. The Kier molecular flexibility index (Phi) is 5.15. The van der Waals surface area contributed by atoms with Crippen molar-refractivity contribution in [2.24, 2.45) is 11.7 Å². The number of benzene rings is 2. The first-order chi connectivity index (χ1) is 9.63. The van der Waals surface area contributed by atoms with E-state index in [-0.39, 0.29) is 11.8 Å². The molecule has 4 heteroatoms. The van der Waals surface area contributed by atoms with Crippen molar-refractivity contribution >= 4 is 38.3 Å². The van der Waals surface area contributed by atoms with E-state index in [1.807, 2.05) is 30.3 Å². The topological polar surface area (TPSA) is 55.1 Å². The molecule has 1 amide bonds. The molecular formula is C16H19BrN2O. The highest BCUT2D eigenvalue weighted by atomic mass is 79.9. The zero-order valence-corrected chi connectivity index (χ0v) is 13.1. The number of hydrogen-bond acceptors (Lipinski definition) is 2. The molecule has 2 rings (SSSR count). The molecule has 0 aliphatic heterocycles. The Hall–Kier alpha value is -1.39. The third kappa shape index (κ3) is 3.58. The number of fused-ring (bicyclic) bond motifs is 1. The van der Waals surface area contributed by atoms with Crippen molar-refractivity contribution in [1.29, 1.82) is 0 Å². The molecule has 0 aromatic heterocycles. The number of carbonyl (C=O) groups is 1. The van der Waals surface area contributed by atoms with Crippen molar-refractivity contribution in [3.05, 3.63) is 40.9 Å². The van der Waals surface area contributed by atoms with Crippen LogP contribution in [0.3, 0.4) is 0 Å². The van der Waals surface area contributed by atoms with Crippen LogP contribution in [0.2, 0.25) is 0 Å². The lowest BCUT2D eigenvalue weighted by Crippen LogP contribution is -2.29. The maximum atomic E-state index is 12.1. The van der Waals surface area contributed by atoms with Crippen molar-refractivity contribution in [1.82, 2.24) is 0 Å². The Morgan fingerprint density at radius 1 is 1.25 bits per heavy atom. The normalized spacial score (nSPS) is 12.3. The quantitative estimate of drug-likeness (QED) is 0.870. The van der Waals surface area contributed by atoms with Crippen molar-refractivity contribution in [2.45, 2.75) is 19.8 Å². The molecule has 1 atom stereocenters. The van der Waals surface area contributed by atoms with Gasteiger partial charge in [0.05, 0.1) is 5.92 Å². The highest BCUT2D eigenvalue weighted by Gasteiger charge is 2.15. The van der Waals surface area contributed by atoms with Gasteiger partial charge in [-0.15, -0.1) is 0 Å². The van der Waals surface area contributed by atoms with Gasteiger partial charge in [-0.25, -0.2) is 0 Å². The fourth-order valence-corrected chi connectivity index (χ4v) is 2.62. The Balaban J connectivity index is 2.17. The van der Waals surface area contributed by atoms with Gasteiger partial charge < -0.3 is 11.1 Å². The van der Waals surface area contributed by atoms with Crippen molar-refractivity contribution in [3.63, 3.8) is 0 Å². The van der Waals surface area contributed by atoms with E-state index in [0.29, 0.717) is 6.54 Å². The molecule has 2 aromatic carbocycles. The van der Waals surface area contributed by atoms with E-state index in [2.05, 4.69) is 34.2 Å². The van der Waals surface area contributed by atoms with E-state index in [4.69, 9.17) is 5.73 Å². The predicted octanol–water partition coefficient (Wildman–Crippen LogP) is 3.92. The van der Waals surface area contributed by atoms with Gasteiger partial charge in [0.25, 0.3) is 0 Å². The second kappa shape index (κ2) is 6.86. The van der Waals surface area contributed by atoms with Crippen LogP contribution in [0, 0.1) is 5.92 Å². The van der Waals surface area contributed by atoms with Crippen molar-refractivity contribution in [3.8, 4) is 0 Å². The molecule has 0 spiro atoms. The third-order valence-corrected chi connectivity index (χ3v) is 3.86. The summed E-state index contributed by atoms with van der Waals surface area (Å²) in [5.41, 5.74) is 6.47. The van der Waals surface area contributed by atoms with Gasteiger partial charge in [0.1, 0.15) is 0 Å². The molecule has 0 aliphatic carbocycles. The maximum Gasteiger partial charge on any atom is 0.228 e. The molecule has 0 saturated carbocycles. The van der Waals surface area contributed by atoms with Crippen molar-refractivity contribution < 1.29 is 4.79 Å². The lowest BCUT2D eigenvalue weighted by atomic mass is 10.0. The van der Waals surface area contributed by atoms with E-state index in [1.54, 1.807) is 0 Å². The molecular weight excluding hydrogens is 316 g/mol. The summed E-state index contributed by atoms with van der Waals surface area (Å²) in [4.78, 5) is 12.1. The summed E-state index contributed by atoms with van der Waals surface area (Å²) in [7, 11) is 0. The van der Waals surface area contributed by atoms with Gasteiger partial charge in [-0.3, -0.25) is 4.79 Å². The second-order valence-corrected chi connectivity index (χ2v) is 5.83. The molecule has 0 radical (unpaired) electrons. The summed E-state index contributed by atoms with van der Waals surface area (Å²) < 4.78 is 1.05. The SMILES string of the molecule is CCCC(CN)C(=O)Nc1ccc2cc(Br)ccc2c1. The van der Waals surface area contributed by atoms with Gasteiger partial charge >= 0.3 is 0 Å². The number of halogens is 1. The fourth-order valence-electron chi connectivity index (χ4n) is 2.24. The first-order valence-electron chi connectivity index (χ1n) is 6.84. The van der Waals surface area contributed by atoms with Crippen LogP contribution in [0.5, 0.6) is 0 Å². The molecule has 1 unspecified atom stereocenters. The van der Waals surface area contributed by atoms with E-state index in [1.165, 1.54) is 0 Å². The van der Waals surface area contributed by atoms with Gasteiger partial charge in [0, 0.05) is 16.7 Å². The Labute approximate surface area is 127 Å². The van der Waals surface area contributed by atoms with Crippen LogP contribution in [0.1, 0.15) is 19.8 Å². The highest BCUT2D eigenvalue weighted by Crippen LogP contribution is 2.23. The second-order valence-electron chi connectivity index (χ2n) is 4.92. The molecule has 3 nitrogen and oxygen atoms in total. The zero-order chi connectivity index (χ0) is 14.5. The van der Waals surface area contributed by atoms with E-state index in [0.717, 1.165) is 33.8 Å². The number of nitrogens with one attached hydrogen (secondary N) is 1. The molecule has 2 aromatic rings. The molecule has 20 heavy (non-hydrogen) atoms. The largest absolute Gasteiger partial charge is 0.330 e. The van der Waals surface area contributed by atoms with Gasteiger partial charge in [-0.2, -0.15) is 0 Å². The molecule has 3 N–H and O–H groups in total. The zero-order valence-electron chi connectivity index (χ0n) is 11.5. The first kappa shape index (κ1) is 15.0. The minimum atomic E-state index is -0.111. The lowest BCUT2D eigenvalue weighted by molar-refractivity contribution is -0.119. The lowest BCUT2D eigenvalue weighted by Gasteiger charge is -2.14. The third-order valence-electron chi connectivity index (χ3n) is 3.36. The Morgan fingerprint density at radius 3 is 2.65 bits per heavy atom. The molecule has 0 fully saturated rings. The minimum Gasteiger partial charge on any atom is -0.330 e. The highest BCUT2D eigenvalue weighted by molar-refractivity contribution is 9.10. The monoisotopic (exact) mass is 334 g/mol. The number of amides is 1. The van der Waals surface area contributed by atoms with Crippen LogP contribution in [0.15, 0.2) is 40.9 Å². The molecule has 0 bridgehead atoms. The molecule has 0 aliphatic rings. The minimum absolute atomic E-state index is 0.00538. The van der Waals surface area contributed by atoms with Gasteiger partial charge in [-0.1, -0.05) is 41.4 Å². The number of hydrogen-bond donors (Lipinski definition) is 2. The Bertz CT molecular complexity index is 612. The van der Waals surface area contributed by atoms with Crippen LogP contribution in [0.25, 0.3) is 10.8 Å². The van der Waals surface area contributed by atoms with Crippen LogP contribution in [-0.2, 0) is 4.79 Å². The van der Waals surface area contributed by atoms with Gasteiger partial charge in [-0.05, 0) is 41.5 Å². The van der Waals surface area contributed by atoms with Gasteiger partial charge in [0.15, 0.2) is 0 Å². The average Bonchev–Trinajstić information content (AvgIpc) is 2.44. The van der Waals surface area contributed by atoms with Crippen LogP contribution in [0.4, 0.5) is 5.69 Å². The number of carbonyl (C=O) groups excluding carboxylic acids is 1. The molecule has 0 heterocycles. The summed E-state index contributed by atoms with van der Waals surface area (Å²) in [6.45, 7) is 2.45. The van der Waals surface area contributed by atoms with E-state index >= 15 is 0 Å². The number of anilines is 1. The van der Waals surface area contributed by atoms with Crippen LogP contribution >= 0.6 is 15.9 Å². The molecule has 106 valence electrons.